The molecule has 0 bridgehead atoms. The Bertz CT molecular complexity index is 1270. The van der Waals surface area contributed by atoms with Gasteiger partial charge in [0, 0.05) is 57.8 Å². The molecule has 2 saturated heterocycles. The summed E-state index contributed by atoms with van der Waals surface area (Å²) in [5.41, 5.74) is 5.85. The molecule has 2 aliphatic heterocycles. The van der Waals surface area contributed by atoms with E-state index in [0.717, 1.165) is 0 Å². The van der Waals surface area contributed by atoms with Crippen LogP contribution in [-0.2, 0) is 24.0 Å². The van der Waals surface area contributed by atoms with Crippen LogP contribution in [0.4, 0.5) is 5.69 Å². The lowest BCUT2D eigenvalue weighted by molar-refractivity contribution is -0.144. The second-order valence-corrected chi connectivity index (χ2v) is 11.9. The van der Waals surface area contributed by atoms with Crippen LogP contribution in [0.5, 0.6) is 0 Å². The van der Waals surface area contributed by atoms with Gasteiger partial charge in [0.15, 0.2) is 0 Å². The minimum Gasteiger partial charge on any atom is -0.480 e. The maximum atomic E-state index is 12.8. The third-order valence-corrected chi connectivity index (χ3v) is 8.37. The highest BCUT2D eigenvalue weighted by atomic mass is 16.4. The van der Waals surface area contributed by atoms with Gasteiger partial charge in [-0.3, -0.25) is 54.3 Å². The van der Waals surface area contributed by atoms with E-state index < -0.39 is 60.8 Å². The average molecular weight is 678 g/mol. The largest absolute Gasteiger partial charge is 0.480 e. The Morgan fingerprint density at radius 3 is 1.94 bits per heavy atom. The highest BCUT2D eigenvalue weighted by Crippen LogP contribution is 2.19. The van der Waals surface area contributed by atoms with Crippen molar-refractivity contribution in [2.45, 2.75) is 50.6 Å². The van der Waals surface area contributed by atoms with Gasteiger partial charge in [0.05, 0.1) is 24.7 Å². The Hall–Kier alpha value is -4.30. The molecular weight excluding hydrogens is 633 g/mol. The highest BCUT2D eigenvalue weighted by molar-refractivity contribution is 6.43. The first-order chi connectivity index (χ1) is 22.7. The normalized spacial score (nSPS) is 19.2. The number of hydrogen-bond acceptors (Lipinski definition) is 12. The summed E-state index contributed by atoms with van der Waals surface area (Å²) in [4.78, 5) is 79.1. The molecule has 2 fully saturated rings. The van der Waals surface area contributed by atoms with E-state index in [9.17, 15) is 54.1 Å². The topological polar surface area (TPSA) is 253 Å². The van der Waals surface area contributed by atoms with Gasteiger partial charge in [-0.05, 0) is 50.5 Å². The number of carboxylic acids is 3. The molecule has 8 N–H and O–H groups in total. The van der Waals surface area contributed by atoms with Crippen LogP contribution in [0.15, 0.2) is 24.3 Å². The molecule has 0 saturated carbocycles. The summed E-state index contributed by atoms with van der Waals surface area (Å²) < 4.78 is 0. The number of aliphatic carboxylic acids is 3. The first-order valence-corrected chi connectivity index (χ1v) is 15.7. The first-order valence-electron chi connectivity index (χ1n) is 15.7. The van der Waals surface area contributed by atoms with E-state index in [1.54, 1.807) is 14.7 Å². The van der Waals surface area contributed by atoms with E-state index in [2.05, 4.69) is 16.2 Å². The predicted molar refractivity (Wildman–Crippen MR) is 170 cm³/mol. The molecule has 18 nitrogen and oxygen atoms in total. The molecule has 3 rings (SSSR count). The number of hydrazine groups is 1. The minimum atomic E-state index is -1.66. The van der Waals surface area contributed by atoms with E-state index in [1.807, 2.05) is 0 Å². The maximum absolute atomic E-state index is 12.8. The van der Waals surface area contributed by atoms with E-state index >= 15 is 0 Å². The number of carbonyl (C=O) groups is 6. The van der Waals surface area contributed by atoms with E-state index in [-0.39, 0.29) is 57.7 Å². The zero-order chi connectivity index (χ0) is 35.4. The fourth-order valence-electron chi connectivity index (χ4n) is 5.77. The molecule has 0 radical (unpaired) electrons. The Labute approximate surface area is 277 Å². The average Bonchev–Trinajstić information content (AvgIpc) is 3.54. The van der Waals surface area contributed by atoms with Crippen LogP contribution in [0.1, 0.15) is 43.0 Å². The molecule has 0 spiro atoms. The van der Waals surface area contributed by atoms with Gasteiger partial charge in [-0.25, -0.2) is 0 Å². The van der Waals surface area contributed by atoms with Crippen molar-refractivity contribution in [1.82, 2.24) is 30.3 Å². The first kappa shape index (κ1) is 38.2. The standard InChI is InChI=1S/C29H44BN7O11/c1-19(28(44)37-10-2-3-23(37)30(47)48)31-27(43)20-4-6-21(7-5-20)32-33-24(38)9-8-22(29(45)46)36-15-13-34(17-25(39)40)11-12-35(14-16-36)18-26(41)42/h4-7,19,22-23,32,47-48H,2-3,8-18H2,1H3,(H,31,43)(H,33,38)(H,39,40)(H,41,42)(H,45,46)/t19-,22?,23+/m1/s1. The van der Waals surface area contributed by atoms with E-state index in [0.29, 0.717) is 38.2 Å². The lowest BCUT2D eigenvalue weighted by Gasteiger charge is -2.30. The minimum absolute atomic E-state index is 0.0633. The van der Waals surface area contributed by atoms with Gasteiger partial charge in [-0.1, -0.05) is 0 Å². The molecule has 0 aromatic heterocycles. The van der Waals surface area contributed by atoms with Gasteiger partial charge in [0.2, 0.25) is 11.8 Å². The van der Waals surface area contributed by atoms with Gasteiger partial charge < -0.3 is 35.6 Å². The number of likely N-dealkylation sites (tertiary alicyclic amines) is 1. The molecule has 48 heavy (non-hydrogen) atoms. The summed E-state index contributed by atoms with van der Waals surface area (Å²) in [5, 5.41) is 50.1. The number of anilines is 1. The number of benzene rings is 1. The number of hydrogen-bond donors (Lipinski definition) is 8. The summed E-state index contributed by atoms with van der Waals surface area (Å²) in [5.74, 6) is -5.45. The SMILES string of the molecule is C[C@@H](NC(=O)c1ccc(NNC(=O)CCC(C(=O)O)N2CCN(CC(=O)O)CCN(CC(=O)O)CC2)cc1)C(=O)N1CCC[C@H]1B(O)O. The zero-order valence-corrected chi connectivity index (χ0v) is 26.8. The Morgan fingerprint density at radius 2 is 1.42 bits per heavy atom. The molecule has 3 amide bonds. The second kappa shape index (κ2) is 18.3. The highest BCUT2D eigenvalue weighted by Gasteiger charge is 2.38. The monoisotopic (exact) mass is 677 g/mol. The van der Waals surface area contributed by atoms with Crippen LogP contribution in [0.2, 0.25) is 0 Å². The third kappa shape index (κ3) is 11.7. The number of nitrogens with zero attached hydrogens (tertiary/aromatic N) is 4. The molecule has 2 heterocycles. The number of carboxylic acid groups (broad SMARTS) is 3. The van der Waals surface area contributed by atoms with Gasteiger partial charge >= 0.3 is 25.0 Å². The van der Waals surface area contributed by atoms with Crippen LogP contribution in [-0.4, -0.2) is 165 Å². The summed E-state index contributed by atoms with van der Waals surface area (Å²) in [6.07, 6.45) is 0.849. The Morgan fingerprint density at radius 1 is 0.854 bits per heavy atom. The summed E-state index contributed by atoms with van der Waals surface area (Å²) in [6.45, 7) is 2.86. The van der Waals surface area contributed by atoms with Crippen molar-refractivity contribution < 1.29 is 54.1 Å². The quantitative estimate of drug-likeness (QED) is 0.0710. The van der Waals surface area contributed by atoms with Crippen LogP contribution >= 0.6 is 0 Å². The van der Waals surface area contributed by atoms with E-state index in [4.69, 9.17) is 0 Å². The lowest BCUT2D eigenvalue weighted by atomic mass is 9.78. The molecule has 19 heteroatoms. The van der Waals surface area contributed by atoms with Crippen molar-refractivity contribution in [2.75, 3.05) is 64.3 Å². The molecule has 1 aromatic carbocycles. The molecule has 3 atom stereocenters. The van der Waals surface area contributed by atoms with Crippen LogP contribution < -0.4 is 16.2 Å². The van der Waals surface area contributed by atoms with Crippen LogP contribution in [0.3, 0.4) is 0 Å². The van der Waals surface area contributed by atoms with Gasteiger partial charge in [-0.15, -0.1) is 0 Å². The molecule has 264 valence electrons. The molecule has 2 aliphatic rings. The number of nitrogens with one attached hydrogen (secondary N) is 3. The van der Waals surface area contributed by atoms with Gasteiger partial charge in [-0.2, -0.15) is 0 Å². The number of carbonyl (C=O) groups excluding carboxylic acids is 3. The second-order valence-electron chi connectivity index (χ2n) is 11.9. The van der Waals surface area contributed by atoms with Crippen LogP contribution in [0, 0.1) is 0 Å². The zero-order valence-electron chi connectivity index (χ0n) is 26.8. The fraction of sp³-hybridized carbons (Fsp3) is 0.586. The van der Waals surface area contributed by atoms with Crippen molar-refractivity contribution in [1.29, 1.82) is 0 Å². The van der Waals surface area contributed by atoms with Crippen molar-refractivity contribution in [2.24, 2.45) is 0 Å². The van der Waals surface area contributed by atoms with Crippen molar-refractivity contribution in [3.8, 4) is 0 Å². The Balaban J connectivity index is 1.51. The molecule has 1 unspecified atom stereocenters. The molecular formula is C29H44BN7O11. The van der Waals surface area contributed by atoms with E-state index in [1.165, 1.54) is 36.1 Å². The molecule has 1 aromatic rings. The summed E-state index contributed by atoms with van der Waals surface area (Å²) in [7, 11) is -1.66. The van der Waals surface area contributed by atoms with Gasteiger partial charge in [0.25, 0.3) is 5.91 Å². The predicted octanol–water partition coefficient (Wildman–Crippen LogP) is -2.43. The fourth-order valence-corrected chi connectivity index (χ4v) is 5.77. The number of rotatable bonds is 15. The summed E-state index contributed by atoms with van der Waals surface area (Å²) in [6, 6.07) is 4.01. The number of amides is 3. The maximum Gasteiger partial charge on any atom is 0.475 e. The van der Waals surface area contributed by atoms with Crippen molar-refractivity contribution in [3.05, 3.63) is 29.8 Å². The lowest BCUT2D eigenvalue weighted by Crippen LogP contribution is -2.52. The summed E-state index contributed by atoms with van der Waals surface area (Å²) >= 11 is 0. The third-order valence-electron chi connectivity index (χ3n) is 8.37. The Kier molecular flexibility index (Phi) is 14.5. The van der Waals surface area contributed by atoms with Crippen molar-refractivity contribution >= 4 is 48.4 Å². The molecule has 0 aliphatic carbocycles. The van der Waals surface area contributed by atoms with Gasteiger partial charge in [0.1, 0.15) is 12.1 Å². The smallest absolute Gasteiger partial charge is 0.475 e. The van der Waals surface area contributed by atoms with Crippen molar-refractivity contribution in [3.63, 3.8) is 0 Å². The van der Waals surface area contributed by atoms with Crippen LogP contribution in [0.25, 0.3) is 0 Å².